The first kappa shape index (κ1) is 21.9. The summed E-state index contributed by atoms with van der Waals surface area (Å²) in [5.74, 6) is 0.0962. The van der Waals surface area contributed by atoms with E-state index in [0.717, 1.165) is 11.1 Å². The molecular formula is C18H23ClN4O4S. The van der Waals surface area contributed by atoms with Gasteiger partial charge in [0.25, 0.3) is 10.0 Å². The van der Waals surface area contributed by atoms with E-state index in [1.807, 2.05) is 32.4 Å². The number of urea groups is 1. The highest BCUT2D eigenvalue weighted by Gasteiger charge is 2.26. The van der Waals surface area contributed by atoms with Gasteiger partial charge in [-0.15, -0.1) is 5.10 Å². The molecule has 0 unspecified atom stereocenters. The number of carbonyl (C=O) groups excluding carboxylic acids is 1. The van der Waals surface area contributed by atoms with Crippen LogP contribution in [0.15, 0.2) is 29.4 Å². The number of hydrogen-bond donors (Lipinski definition) is 2. The maximum absolute atomic E-state index is 12.5. The molecule has 0 aliphatic rings. The van der Waals surface area contributed by atoms with Gasteiger partial charge in [0.2, 0.25) is 5.03 Å². The lowest BCUT2D eigenvalue weighted by Gasteiger charge is -2.21. The molecule has 2 amide bonds. The molecule has 0 bridgehead atoms. The van der Waals surface area contributed by atoms with Crippen LogP contribution >= 0.6 is 11.6 Å². The highest BCUT2D eigenvalue weighted by molar-refractivity contribution is 7.90. The number of nitrogens with zero attached hydrogens (tertiary/aromatic N) is 2. The molecule has 0 aliphatic carbocycles. The van der Waals surface area contributed by atoms with Crippen LogP contribution in [0.4, 0.5) is 10.5 Å². The Morgan fingerprint density at radius 2 is 1.71 bits per heavy atom. The molecule has 0 atom stereocenters. The van der Waals surface area contributed by atoms with Crippen LogP contribution in [-0.2, 0) is 10.0 Å². The zero-order valence-corrected chi connectivity index (χ0v) is 17.9. The molecule has 2 rings (SSSR count). The molecule has 0 spiro atoms. The maximum atomic E-state index is 12.5. The number of carbonyl (C=O) groups is 1. The predicted molar refractivity (Wildman–Crippen MR) is 108 cm³/mol. The van der Waals surface area contributed by atoms with Crippen LogP contribution in [0.5, 0.6) is 5.75 Å². The first-order chi connectivity index (χ1) is 13.1. The average molecular weight is 427 g/mol. The Bertz CT molecular complexity index is 948. The number of sulfonamides is 1. The Balaban J connectivity index is 2.38. The van der Waals surface area contributed by atoms with E-state index in [1.165, 1.54) is 19.4 Å². The third-order valence-electron chi connectivity index (χ3n) is 4.00. The van der Waals surface area contributed by atoms with Gasteiger partial charge in [-0.25, -0.2) is 9.52 Å². The largest absolute Gasteiger partial charge is 0.494 e. The number of rotatable bonds is 6. The standard InChI is InChI=1S/C18H23ClN4O4S/c1-10(2)13-8-12(19)9-14(11(3)4)16(13)21-18(24)23-28(25,26)17-15(27-5)6-7-20-22-17/h6-11H,1-5H3,(H2,21,23,24). The van der Waals surface area contributed by atoms with E-state index in [9.17, 15) is 13.2 Å². The molecule has 8 nitrogen and oxygen atoms in total. The molecule has 28 heavy (non-hydrogen) atoms. The monoisotopic (exact) mass is 426 g/mol. The predicted octanol–water partition coefficient (Wildman–Crippen LogP) is 3.90. The van der Waals surface area contributed by atoms with Crippen molar-refractivity contribution >= 4 is 33.3 Å². The molecule has 0 radical (unpaired) electrons. The number of methoxy groups -OCH3 is 1. The highest BCUT2D eigenvalue weighted by Crippen LogP contribution is 2.35. The van der Waals surface area contributed by atoms with Gasteiger partial charge in [0.1, 0.15) is 0 Å². The van der Waals surface area contributed by atoms with Crippen molar-refractivity contribution in [2.75, 3.05) is 12.4 Å². The average Bonchev–Trinajstić information content (AvgIpc) is 2.61. The molecule has 2 aromatic rings. The summed E-state index contributed by atoms with van der Waals surface area (Å²) >= 11 is 6.21. The van der Waals surface area contributed by atoms with E-state index in [1.54, 1.807) is 12.1 Å². The first-order valence-corrected chi connectivity index (χ1v) is 10.5. The smallest absolute Gasteiger partial charge is 0.333 e. The first-order valence-electron chi connectivity index (χ1n) is 8.59. The van der Waals surface area contributed by atoms with Crippen molar-refractivity contribution in [3.63, 3.8) is 0 Å². The molecule has 1 aromatic heterocycles. The summed E-state index contributed by atoms with van der Waals surface area (Å²) < 4.78 is 32.0. The van der Waals surface area contributed by atoms with Gasteiger partial charge < -0.3 is 10.1 Å². The van der Waals surface area contributed by atoms with Crippen LogP contribution in [0.25, 0.3) is 0 Å². The third-order valence-corrected chi connectivity index (χ3v) is 5.46. The Morgan fingerprint density at radius 3 is 2.21 bits per heavy atom. The summed E-state index contributed by atoms with van der Waals surface area (Å²) in [5.41, 5.74) is 2.15. The minimum absolute atomic E-state index is 0.0208. The van der Waals surface area contributed by atoms with Gasteiger partial charge in [-0.3, -0.25) is 0 Å². The zero-order chi connectivity index (χ0) is 21.1. The fourth-order valence-corrected chi connectivity index (χ4v) is 3.86. The van der Waals surface area contributed by atoms with Crippen molar-refractivity contribution < 1.29 is 17.9 Å². The number of ether oxygens (including phenoxy) is 1. The summed E-state index contributed by atoms with van der Waals surface area (Å²) in [7, 11) is -2.98. The molecule has 0 fully saturated rings. The summed E-state index contributed by atoms with van der Waals surface area (Å²) in [4.78, 5) is 12.5. The number of hydrogen-bond acceptors (Lipinski definition) is 6. The molecule has 10 heteroatoms. The van der Waals surface area contributed by atoms with Crippen molar-refractivity contribution in [1.82, 2.24) is 14.9 Å². The Morgan fingerprint density at radius 1 is 1.14 bits per heavy atom. The van der Waals surface area contributed by atoms with Gasteiger partial charge in [-0.05, 0) is 35.1 Å². The van der Waals surface area contributed by atoms with E-state index in [0.29, 0.717) is 10.7 Å². The van der Waals surface area contributed by atoms with E-state index in [4.69, 9.17) is 16.3 Å². The van der Waals surface area contributed by atoms with Crippen LogP contribution in [0.2, 0.25) is 5.02 Å². The van der Waals surface area contributed by atoms with Crippen molar-refractivity contribution in [2.24, 2.45) is 0 Å². The van der Waals surface area contributed by atoms with Gasteiger partial charge in [0.15, 0.2) is 5.75 Å². The topological polar surface area (TPSA) is 110 Å². The van der Waals surface area contributed by atoms with Crippen molar-refractivity contribution in [2.45, 2.75) is 44.6 Å². The number of amides is 2. The van der Waals surface area contributed by atoms with Crippen LogP contribution in [-0.4, -0.2) is 31.8 Å². The summed E-state index contributed by atoms with van der Waals surface area (Å²) in [6, 6.07) is 3.94. The van der Waals surface area contributed by atoms with E-state index >= 15 is 0 Å². The summed E-state index contributed by atoms with van der Waals surface area (Å²) in [5, 5.41) is 9.83. The van der Waals surface area contributed by atoms with Crippen LogP contribution < -0.4 is 14.8 Å². The normalized spacial score (nSPS) is 11.6. The quantitative estimate of drug-likeness (QED) is 0.724. The molecule has 2 N–H and O–H groups in total. The Labute approximate surface area is 169 Å². The lowest BCUT2D eigenvalue weighted by atomic mass is 9.92. The lowest BCUT2D eigenvalue weighted by molar-refractivity contribution is 0.256. The molecule has 0 aliphatic heterocycles. The Hall–Kier alpha value is -2.39. The van der Waals surface area contributed by atoms with Crippen LogP contribution in [0, 0.1) is 0 Å². The molecular weight excluding hydrogens is 404 g/mol. The molecule has 0 saturated carbocycles. The van der Waals surface area contributed by atoms with Crippen molar-refractivity contribution in [3.8, 4) is 5.75 Å². The number of nitrogens with one attached hydrogen (secondary N) is 2. The van der Waals surface area contributed by atoms with E-state index < -0.39 is 21.1 Å². The van der Waals surface area contributed by atoms with Gasteiger partial charge in [0, 0.05) is 16.8 Å². The molecule has 1 aromatic carbocycles. The van der Waals surface area contributed by atoms with Gasteiger partial charge >= 0.3 is 6.03 Å². The maximum Gasteiger partial charge on any atom is 0.333 e. The van der Waals surface area contributed by atoms with Gasteiger partial charge in [-0.2, -0.15) is 13.5 Å². The number of halogens is 1. The molecule has 152 valence electrons. The van der Waals surface area contributed by atoms with Crippen LogP contribution in [0.1, 0.15) is 50.7 Å². The molecule has 0 saturated heterocycles. The van der Waals surface area contributed by atoms with Crippen molar-refractivity contribution in [3.05, 3.63) is 40.5 Å². The fraction of sp³-hybridized carbons (Fsp3) is 0.389. The number of anilines is 1. The third kappa shape index (κ3) is 4.90. The zero-order valence-electron chi connectivity index (χ0n) is 16.3. The highest BCUT2D eigenvalue weighted by atomic mass is 35.5. The second-order valence-electron chi connectivity index (χ2n) is 6.73. The summed E-state index contributed by atoms with van der Waals surface area (Å²) in [6.07, 6.45) is 1.29. The second-order valence-corrected chi connectivity index (χ2v) is 8.77. The number of benzene rings is 1. The number of aromatic nitrogens is 2. The summed E-state index contributed by atoms with van der Waals surface area (Å²) in [6.45, 7) is 7.83. The minimum Gasteiger partial charge on any atom is -0.494 e. The van der Waals surface area contributed by atoms with Gasteiger partial charge in [-0.1, -0.05) is 39.3 Å². The molecule has 1 heterocycles. The second kappa shape index (κ2) is 8.74. The van der Waals surface area contributed by atoms with E-state index in [-0.39, 0.29) is 17.6 Å². The lowest BCUT2D eigenvalue weighted by Crippen LogP contribution is -2.35. The van der Waals surface area contributed by atoms with E-state index in [2.05, 4.69) is 15.5 Å². The Kier molecular flexibility index (Phi) is 6.84. The minimum atomic E-state index is -4.28. The van der Waals surface area contributed by atoms with Crippen molar-refractivity contribution in [1.29, 1.82) is 0 Å². The van der Waals surface area contributed by atoms with Crippen LogP contribution in [0.3, 0.4) is 0 Å². The fourth-order valence-electron chi connectivity index (χ4n) is 2.66. The van der Waals surface area contributed by atoms with Gasteiger partial charge in [0.05, 0.1) is 13.3 Å². The SMILES string of the molecule is COc1ccnnc1S(=O)(=O)NC(=O)Nc1c(C(C)C)cc(Cl)cc1C(C)C.